The van der Waals surface area contributed by atoms with Gasteiger partial charge in [0.25, 0.3) is 0 Å². The van der Waals surface area contributed by atoms with Gasteiger partial charge in [-0.2, -0.15) is 5.10 Å². The molecule has 0 saturated heterocycles. The van der Waals surface area contributed by atoms with Crippen LogP contribution < -0.4 is 10.2 Å². The summed E-state index contributed by atoms with van der Waals surface area (Å²) in [6.45, 7) is 15.3. The number of nitrogens with one attached hydrogen (secondary N) is 1. The Labute approximate surface area is 224 Å². The van der Waals surface area contributed by atoms with E-state index in [1.807, 2.05) is 17.7 Å². The van der Waals surface area contributed by atoms with E-state index in [1.165, 1.54) is 11.1 Å². The highest BCUT2D eigenvalue weighted by molar-refractivity contribution is 8.00. The average molecular weight is 519 g/mol. The lowest BCUT2D eigenvalue weighted by atomic mass is 9.86. The van der Waals surface area contributed by atoms with Gasteiger partial charge in [-0.1, -0.05) is 69.7 Å². The molecule has 1 atom stereocenters. The second-order valence-electron chi connectivity index (χ2n) is 10.9. The van der Waals surface area contributed by atoms with Crippen LogP contribution in [0.2, 0.25) is 0 Å². The van der Waals surface area contributed by atoms with Crippen LogP contribution in [0.1, 0.15) is 72.9 Å². The molecule has 0 radical (unpaired) electrons. The zero-order valence-electron chi connectivity index (χ0n) is 23.0. The summed E-state index contributed by atoms with van der Waals surface area (Å²) in [5.41, 5.74) is 7.17. The van der Waals surface area contributed by atoms with Crippen LogP contribution in [-0.2, 0) is 15.0 Å². The first-order valence-corrected chi connectivity index (χ1v) is 14.0. The molecule has 196 valence electrons. The molecule has 7 heteroatoms. The van der Waals surface area contributed by atoms with Crippen molar-refractivity contribution >= 4 is 29.4 Å². The predicted octanol–water partition coefficient (Wildman–Crippen LogP) is 5.79. The highest BCUT2D eigenvalue weighted by Crippen LogP contribution is 2.49. The minimum atomic E-state index is -0.279. The van der Waals surface area contributed by atoms with Gasteiger partial charge in [0, 0.05) is 17.5 Å². The predicted molar refractivity (Wildman–Crippen MR) is 153 cm³/mol. The minimum absolute atomic E-state index is 0.0347. The van der Waals surface area contributed by atoms with E-state index in [0.717, 1.165) is 34.5 Å². The van der Waals surface area contributed by atoms with Crippen molar-refractivity contribution in [3.63, 3.8) is 0 Å². The molecule has 2 heterocycles. The van der Waals surface area contributed by atoms with Gasteiger partial charge < -0.3 is 5.32 Å². The average Bonchev–Trinajstić information content (AvgIpc) is 3.16. The van der Waals surface area contributed by atoms with Crippen molar-refractivity contribution < 1.29 is 9.59 Å². The van der Waals surface area contributed by atoms with Crippen LogP contribution in [0.4, 0.5) is 5.82 Å². The third-order valence-electron chi connectivity index (χ3n) is 6.72. The number of carbonyl (C=O) groups is 2. The molecule has 2 aromatic carbocycles. The summed E-state index contributed by atoms with van der Waals surface area (Å²) >= 11 is 1.62. The molecule has 4 rings (SSSR count). The van der Waals surface area contributed by atoms with Gasteiger partial charge in [0.05, 0.1) is 22.4 Å². The molecule has 2 amide bonds. The number of hydrogen-bond acceptors (Lipinski definition) is 4. The molecule has 0 aliphatic carbocycles. The van der Waals surface area contributed by atoms with Gasteiger partial charge in [0.15, 0.2) is 0 Å². The number of nitrogens with zero attached hydrogens (tertiary/aromatic N) is 3. The Morgan fingerprint density at radius 3 is 2.49 bits per heavy atom. The van der Waals surface area contributed by atoms with E-state index in [4.69, 9.17) is 5.10 Å². The van der Waals surface area contributed by atoms with Crippen molar-refractivity contribution in [3.8, 4) is 5.69 Å². The summed E-state index contributed by atoms with van der Waals surface area (Å²) in [5, 5.41) is 8.07. The number of hydrogen-bond donors (Lipinski definition) is 1. The second-order valence-corrected chi connectivity index (χ2v) is 12.0. The molecule has 3 aromatic rings. The van der Waals surface area contributed by atoms with E-state index in [0.29, 0.717) is 12.4 Å². The molecular weight excluding hydrogens is 480 g/mol. The fourth-order valence-electron chi connectivity index (χ4n) is 4.87. The Hall–Kier alpha value is -3.06. The summed E-state index contributed by atoms with van der Waals surface area (Å²) in [7, 11) is 0. The molecule has 1 aliphatic rings. The first-order chi connectivity index (χ1) is 17.5. The van der Waals surface area contributed by atoms with Gasteiger partial charge in [-0.15, -0.1) is 11.8 Å². The van der Waals surface area contributed by atoms with Gasteiger partial charge in [0.2, 0.25) is 11.8 Å². The van der Waals surface area contributed by atoms with Crippen molar-refractivity contribution in [1.29, 1.82) is 0 Å². The lowest BCUT2D eigenvalue weighted by molar-refractivity contribution is -0.122. The number of anilines is 1. The summed E-state index contributed by atoms with van der Waals surface area (Å²) in [4.78, 5) is 28.3. The Morgan fingerprint density at radius 1 is 1.11 bits per heavy atom. The number of aromatic nitrogens is 2. The number of amides is 2. The Balaban J connectivity index is 2.04. The summed E-state index contributed by atoms with van der Waals surface area (Å²) in [5.74, 6) is 0.740. The molecule has 6 nitrogen and oxygen atoms in total. The van der Waals surface area contributed by atoms with Gasteiger partial charge in [-0.05, 0) is 49.9 Å². The normalized spacial score (nSPS) is 15.9. The van der Waals surface area contributed by atoms with Crippen LogP contribution in [0.3, 0.4) is 0 Å². The van der Waals surface area contributed by atoms with Crippen LogP contribution >= 0.6 is 11.8 Å². The third-order valence-corrected chi connectivity index (χ3v) is 7.96. The van der Waals surface area contributed by atoms with Crippen LogP contribution in [0.15, 0.2) is 42.5 Å². The maximum absolute atomic E-state index is 13.7. The zero-order chi connectivity index (χ0) is 26.9. The standard InChI is InChI=1S/C30H38N4O2S/c1-8-15-31-24(35)17-33-25(36)18-37-27(22-12-10-9-11-20(22)3)26-28(30(5,6)7)32-34(29(26)33)23-14-13-19(2)16-21(23)4/h9-14,16,27H,8,15,17-18H2,1-7H3,(H,31,35). The molecule has 0 spiro atoms. The van der Waals surface area contributed by atoms with Crippen molar-refractivity contribution in [2.75, 3.05) is 23.7 Å². The zero-order valence-corrected chi connectivity index (χ0v) is 23.8. The number of carbonyl (C=O) groups excluding carboxylic acids is 2. The number of fused-ring (bicyclic) bond motifs is 1. The first kappa shape index (κ1) is 27.0. The lowest BCUT2D eigenvalue weighted by Crippen LogP contribution is -2.42. The highest BCUT2D eigenvalue weighted by Gasteiger charge is 2.40. The molecule has 0 bridgehead atoms. The number of rotatable bonds is 6. The largest absolute Gasteiger partial charge is 0.355 e. The van der Waals surface area contributed by atoms with E-state index in [9.17, 15) is 9.59 Å². The molecule has 0 saturated carbocycles. The van der Waals surface area contributed by atoms with E-state index in [2.05, 4.69) is 83.3 Å². The molecule has 1 N–H and O–H groups in total. The summed E-state index contributed by atoms with van der Waals surface area (Å²) < 4.78 is 1.91. The Bertz CT molecular complexity index is 1320. The fraction of sp³-hybridized carbons (Fsp3) is 0.433. The maximum atomic E-state index is 13.7. The van der Waals surface area contributed by atoms with Gasteiger partial charge in [0.1, 0.15) is 12.4 Å². The van der Waals surface area contributed by atoms with Crippen LogP contribution in [0.5, 0.6) is 0 Å². The maximum Gasteiger partial charge on any atom is 0.240 e. The minimum Gasteiger partial charge on any atom is -0.355 e. The molecule has 0 fully saturated rings. The fourth-order valence-corrected chi connectivity index (χ4v) is 6.17. The summed E-state index contributed by atoms with van der Waals surface area (Å²) in [6, 6.07) is 14.6. The van der Waals surface area contributed by atoms with Crippen molar-refractivity contribution in [2.45, 2.75) is 65.6 Å². The molecule has 1 unspecified atom stereocenters. The molecular formula is C30H38N4O2S. The van der Waals surface area contributed by atoms with Crippen LogP contribution in [-0.4, -0.2) is 40.4 Å². The highest BCUT2D eigenvalue weighted by atomic mass is 32.2. The van der Waals surface area contributed by atoms with Crippen LogP contribution in [0.25, 0.3) is 5.69 Å². The number of benzene rings is 2. The quantitative estimate of drug-likeness (QED) is 0.449. The van der Waals surface area contributed by atoms with Gasteiger partial charge >= 0.3 is 0 Å². The number of thioether (sulfide) groups is 1. The van der Waals surface area contributed by atoms with E-state index >= 15 is 0 Å². The van der Waals surface area contributed by atoms with Gasteiger partial charge in [-0.25, -0.2) is 4.68 Å². The third kappa shape index (κ3) is 5.47. The Morgan fingerprint density at radius 2 is 1.84 bits per heavy atom. The SMILES string of the molecule is CCCNC(=O)CN1C(=O)CSC(c2ccccc2C)c2c(C(C)(C)C)nn(-c3ccc(C)cc3C)c21. The van der Waals surface area contributed by atoms with E-state index in [1.54, 1.807) is 16.7 Å². The summed E-state index contributed by atoms with van der Waals surface area (Å²) in [6.07, 6.45) is 0.838. The molecule has 1 aromatic heterocycles. The molecule has 37 heavy (non-hydrogen) atoms. The molecule has 1 aliphatic heterocycles. The van der Waals surface area contributed by atoms with Gasteiger partial charge in [-0.3, -0.25) is 14.5 Å². The Kier molecular flexibility index (Phi) is 7.83. The lowest BCUT2D eigenvalue weighted by Gasteiger charge is -2.25. The van der Waals surface area contributed by atoms with E-state index < -0.39 is 0 Å². The van der Waals surface area contributed by atoms with Crippen molar-refractivity contribution in [1.82, 2.24) is 15.1 Å². The topological polar surface area (TPSA) is 67.2 Å². The monoisotopic (exact) mass is 518 g/mol. The first-order valence-electron chi connectivity index (χ1n) is 13.0. The van der Waals surface area contributed by atoms with E-state index in [-0.39, 0.29) is 34.8 Å². The smallest absolute Gasteiger partial charge is 0.240 e. The van der Waals surface area contributed by atoms with Crippen molar-refractivity contribution in [3.05, 3.63) is 76.0 Å². The second kappa shape index (κ2) is 10.7. The number of aryl methyl sites for hydroxylation is 3. The van der Waals surface area contributed by atoms with Crippen molar-refractivity contribution in [2.24, 2.45) is 0 Å². The van der Waals surface area contributed by atoms with Crippen LogP contribution in [0, 0.1) is 20.8 Å².